The largest absolute Gasteiger partial charge is 0.454 e. The van der Waals surface area contributed by atoms with Crippen molar-refractivity contribution < 1.29 is 19.1 Å². The predicted molar refractivity (Wildman–Crippen MR) is 122 cm³/mol. The number of fused-ring (bicyclic) bond motifs is 2. The molecule has 1 atom stereocenters. The minimum absolute atomic E-state index is 0.0357. The monoisotopic (exact) mass is 450 g/mol. The molecule has 0 radical (unpaired) electrons. The summed E-state index contributed by atoms with van der Waals surface area (Å²) in [7, 11) is 0. The second-order valence-corrected chi connectivity index (χ2v) is 8.11. The average Bonchev–Trinajstić information content (AvgIpc) is 3.28. The highest BCUT2D eigenvalue weighted by molar-refractivity contribution is 6.00. The molecule has 0 spiro atoms. The Morgan fingerprint density at radius 1 is 1.18 bits per heavy atom. The molecule has 9 heteroatoms. The smallest absolute Gasteiger partial charge is 0.257 e. The molecule has 9 nitrogen and oxygen atoms in total. The van der Waals surface area contributed by atoms with Crippen LogP contribution in [0.25, 0.3) is 10.9 Å². The van der Waals surface area contributed by atoms with Crippen LogP contribution in [-0.4, -0.2) is 34.2 Å². The predicted octanol–water partition coefficient (Wildman–Crippen LogP) is 2.22. The maximum absolute atomic E-state index is 13.2. The Bertz CT molecular complexity index is 1250. The van der Waals surface area contributed by atoms with Gasteiger partial charge in [0, 0.05) is 25.0 Å². The molecule has 0 fully saturated rings. The summed E-state index contributed by atoms with van der Waals surface area (Å²) in [4.78, 5) is 43.3. The summed E-state index contributed by atoms with van der Waals surface area (Å²) in [6.45, 7) is 6.44. The van der Waals surface area contributed by atoms with Crippen molar-refractivity contribution in [3.05, 3.63) is 64.2 Å². The molecule has 0 bridgehead atoms. The van der Waals surface area contributed by atoms with Crippen molar-refractivity contribution in [1.29, 1.82) is 0 Å². The van der Waals surface area contributed by atoms with Crippen molar-refractivity contribution in [2.24, 2.45) is 5.92 Å². The quantitative estimate of drug-likeness (QED) is 0.571. The Hall–Kier alpha value is -3.88. The van der Waals surface area contributed by atoms with Crippen LogP contribution in [0.2, 0.25) is 0 Å². The Morgan fingerprint density at radius 2 is 1.94 bits per heavy atom. The minimum Gasteiger partial charge on any atom is -0.454 e. The first-order chi connectivity index (χ1) is 15.9. The van der Waals surface area contributed by atoms with Crippen LogP contribution in [0.3, 0.4) is 0 Å². The van der Waals surface area contributed by atoms with Crippen LogP contribution in [0.15, 0.2) is 47.5 Å². The number of benzene rings is 1. The lowest BCUT2D eigenvalue weighted by Gasteiger charge is -2.22. The number of ether oxygens (including phenoxy) is 2. The van der Waals surface area contributed by atoms with Crippen molar-refractivity contribution in [3.63, 3.8) is 0 Å². The Morgan fingerprint density at radius 3 is 2.61 bits per heavy atom. The van der Waals surface area contributed by atoms with Gasteiger partial charge in [0.1, 0.15) is 11.6 Å². The summed E-state index contributed by atoms with van der Waals surface area (Å²) >= 11 is 0. The first-order valence-electron chi connectivity index (χ1n) is 10.8. The first kappa shape index (κ1) is 22.3. The molecular formula is C24H26N4O5. The fourth-order valence-corrected chi connectivity index (χ4v) is 3.75. The van der Waals surface area contributed by atoms with Gasteiger partial charge in [-0.3, -0.25) is 19.4 Å². The molecule has 2 aromatic heterocycles. The van der Waals surface area contributed by atoms with Crippen LogP contribution in [0.5, 0.6) is 11.5 Å². The van der Waals surface area contributed by atoms with Gasteiger partial charge in [0.15, 0.2) is 11.5 Å². The number of amides is 2. The van der Waals surface area contributed by atoms with Crippen LogP contribution in [0.1, 0.15) is 36.8 Å². The van der Waals surface area contributed by atoms with Gasteiger partial charge in [-0.25, -0.2) is 0 Å². The SMILES string of the molecule is CCn1cc(C(=O)N[C@H](C(=O)NCc2ccccn2)C(C)C)c(=O)c2cc3c(cc21)OCO3. The van der Waals surface area contributed by atoms with E-state index in [0.29, 0.717) is 34.6 Å². The maximum atomic E-state index is 13.2. The molecule has 1 aliphatic rings. The van der Waals surface area contributed by atoms with E-state index in [1.54, 1.807) is 35.0 Å². The third-order valence-corrected chi connectivity index (χ3v) is 5.57. The number of nitrogens with one attached hydrogen (secondary N) is 2. The van der Waals surface area contributed by atoms with Gasteiger partial charge in [-0.15, -0.1) is 0 Å². The normalized spacial score (nSPS) is 13.2. The third-order valence-electron chi connectivity index (χ3n) is 5.57. The van der Waals surface area contributed by atoms with Crippen molar-refractivity contribution in [2.75, 3.05) is 6.79 Å². The summed E-state index contributed by atoms with van der Waals surface area (Å²) in [5, 5.41) is 5.90. The lowest BCUT2D eigenvalue weighted by atomic mass is 10.0. The highest BCUT2D eigenvalue weighted by atomic mass is 16.7. The zero-order valence-corrected chi connectivity index (χ0v) is 18.8. The van der Waals surface area contributed by atoms with Gasteiger partial charge < -0.3 is 24.7 Å². The fraction of sp³-hybridized carbons (Fsp3) is 0.333. The van der Waals surface area contributed by atoms with E-state index in [2.05, 4.69) is 15.6 Å². The Kier molecular flexibility index (Phi) is 6.30. The minimum atomic E-state index is -0.817. The number of aromatic nitrogens is 2. The molecule has 1 aromatic carbocycles. The number of carbonyl (C=O) groups is 2. The van der Waals surface area contributed by atoms with Gasteiger partial charge in [0.05, 0.1) is 23.1 Å². The molecule has 2 amide bonds. The number of rotatable bonds is 7. The molecule has 1 aliphatic heterocycles. The van der Waals surface area contributed by atoms with E-state index in [4.69, 9.17) is 9.47 Å². The number of hydrogen-bond donors (Lipinski definition) is 2. The first-order valence-corrected chi connectivity index (χ1v) is 10.8. The molecule has 33 heavy (non-hydrogen) atoms. The lowest BCUT2D eigenvalue weighted by Crippen LogP contribution is -2.50. The summed E-state index contributed by atoms with van der Waals surface area (Å²) < 4.78 is 12.6. The van der Waals surface area contributed by atoms with Gasteiger partial charge in [0.2, 0.25) is 18.1 Å². The zero-order chi connectivity index (χ0) is 23.5. The summed E-state index contributed by atoms with van der Waals surface area (Å²) in [6.07, 6.45) is 3.17. The van der Waals surface area contributed by atoms with E-state index < -0.39 is 17.4 Å². The summed E-state index contributed by atoms with van der Waals surface area (Å²) in [5.41, 5.74) is 0.892. The molecule has 4 rings (SSSR count). The summed E-state index contributed by atoms with van der Waals surface area (Å²) in [5.74, 6) is -0.114. The van der Waals surface area contributed by atoms with E-state index in [1.165, 1.54) is 6.20 Å². The van der Waals surface area contributed by atoms with E-state index in [9.17, 15) is 14.4 Å². The van der Waals surface area contributed by atoms with Gasteiger partial charge in [-0.05, 0) is 31.0 Å². The number of nitrogens with zero attached hydrogens (tertiary/aromatic N) is 2. The lowest BCUT2D eigenvalue weighted by molar-refractivity contribution is -0.124. The van der Waals surface area contributed by atoms with Crippen LogP contribution in [0, 0.1) is 5.92 Å². The van der Waals surface area contributed by atoms with Gasteiger partial charge in [-0.1, -0.05) is 19.9 Å². The zero-order valence-electron chi connectivity index (χ0n) is 18.8. The number of carbonyl (C=O) groups excluding carboxylic acids is 2. The molecule has 0 unspecified atom stereocenters. The third kappa shape index (κ3) is 4.52. The van der Waals surface area contributed by atoms with Crippen molar-refractivity contribution in [1.82, 2.24) is 20.2 Å². The fourth-order valence-electron chi connectivity index (χ4n) is 3.75. The molecule has 3 aromatic rings. The van der Waals surface area contributed by atoms with Crippen molar-refractivity contribution in [3.8, 4) is 11.5 Å². The highest BCUT2D eigenvalue weighted by Crippen LogP contribution is 2.35. The number of hydrogen-bond acceptors (Lipinski definition) is 6. The average molecular weight is 450 g/mol. The van der Waals surface area contributed by atoms with Crippen molar-refractivity contribution in [2.45, 2.75) is 39.9 Å². The van der Waals surface area contributed by atoms with Gasteiger partial charge in [0.25, 0.3) is 5.91 Å². The number of aryl methyl sites for hydroxylation is 1. The Labute approximate surface area is 190 Å². The standard InChI is InChI=1S/C24H26N4O5/c1-4-28-12-17(22(29)16-9-19-20(10-18(16)28)33-13-32-19)23(30)27-21(14(2)3)24(31)26-11-15-7-5-6-8-25-15/h5-10,12,14,21H,4,11,13H2,1-3H3,(H,26,31)(H,27,30)/t21-/m0/s1. The molecule has 2 N–H and O–H groups in total. The molecule has 0 saturated heterocycles. The second-order valence-electron chi connectivity index (χ2n) is 8.11. The van der Waals surface area contributed by atoms with Crippen LogP contribution < -0.4 is 25.5 Å². The molecular weight excluding hydrogens is 424 g/mol. The molecule has 3 heterocycles. The highest BCUT2D eigenvalue weighted by Gasteiger charge is 2.27. The molecule has 0 aliphatic carbocycles. The number of pyridine rings is 2. The van der Waals surface area contributed by atoms with E-state index in [0.717, 1.165) is 0 Å². The Balaban J connectivity index is 1.60. The van der Waals surface area contributed by atoms with Gasteiger partial charge >= 0.3 is 0 Å². The van der Waals surface area contributed by atoms with Gasteiger partial charge in [-0.2, -0.15) is 0 Å². The topological polar surface area (TPSA) is 112 Å². The summed E-state index contributed by atoms with van der Waals surface area (Å²) in [6, 6.07) is 7.96. The molecule has 0 saturated carbocycles. The second kappa shape index (κ2) is 9.32. The van der Waals surface area contributed by atoms with Crippen LogP contribution in [0.4, 0.5) is 0 Å². The van der Waals surface area contributed by atoms with Crippen LogP contribution in [-0.2, 0) is 17.9 Å². The van der Waals surface area contributed by atoms with E-state index >= 15 is 0 Å². The van der Waals surface area contributed by atoms with E-state index in [1.807, 2.05) is 26.8 Å². The molecule has 172 valence electrons. The van der Waals surface area contributed by atoms with Crippen molar-refractivity contribution >= 4 is 22.7 Å². The van der Waals surface area contributed by atoms with Crippen LogP contribution >= 0.6 is 0 Å². The van der Waals surface area contributed by atoms with E-state index in [-0.39, 0.29) is 30.7 Å². The maximum Gasteiger partial charge on any atom is 0.257 e.